The van der Waals surface area contributed by atoms with Crippen molar-refractivity contribution in [3.63, 3.8) is 0 Å². The van der Waals surface area contributed by atoms with Crippen molar-refractivity contribution in [2.24, 2.45) is 0 Å². The third-order valence-electron chi connectivity index (χ3n) is 15.0. The molecule has 6 nitrogen and oxygen atoms in total. The average Bonchev–Trinajstić information content (AvgIpc) is 3.95. The maximum absolute atomic E-state index is 14.1. The average molecular weight is 963 g/mol. The first-order valence-electron chi connectivity index (χ1n) is 25.0. The van der Waals surface area contributed by atoms with Gasteiger partial charge in [-0.15, -0.1) is 0 Å². The van der Waals surface area contributed by atoms with Crippen molar-refractivity contribution >= 4 is 75.3 Å². The largest absolute Gasteiger partial charge is 0.309 e. The van der Waals surface area contributed by atoms with Gasteiger partial charge in [-0.2, -0.15) is 5.26 Å². The van der Waals surface area contributed by atoms with Gasteiger partial charge in [-0.25, -0.2) is 8.42 Å². The minimum atomic E-state index is -3.87. The van der Waals surface area contributed by atoms with Gasteiger partial charge in [0.1, 0.15) is 0 Å². The second-order valence-corrected chi connectivity index (χ2v) is 25.9. The molecule has 0 bridgehead atoms. The van der Waals surface area contributed by atoms with Crippen LogP contribution in [-0.2, 0) is 31.5 Å². The fourth-order valence-electron chi connectivity index (χ4n) is 10.6. The Morgan fingerprint density at radius 2 is 0.611 bits per heavy atom. The van der Waals surface area contributed by atoms with Crippen molar-refractivity contribution in [2.75, 3.05) is 0 Å². The molecular formula is C65H62N4O2S. The van der Waals surface area contributed by atoms with E-state index in [2.05, 4.69) is 212 Å². The van der Waals surface area contributed by atoms with Crippen LogP contribution in [0, 0.1) is 11.3 Å². The maximum atomic E-state index is 14.1. The summed E-state index contributed by atoms with van der Waals surface area (Å²) in [4.78, 5) is 0.329. The number of fused-ring (bicyclic) bond motifs is 9. The normalized spacial score (nSPS) is 13.1. The first-order chi connectivity index (χ1) is 33.9. The third kappa shape index (κ3) is 7.62. The van der Waals surface area contributed by atoms with Crippen LogP contribution >= 0.6 is 0 Å². The van der Waals surface area contributed by atoms with E-state index < -0.39 is 9.84 Å². The van der Waals surface area contributed by atoms with E-state index >= 15 is 0 Å². The lowest BCUT2D eigenvalue weighted by Gasteiger charge is -2.20. The summed E-state index contributed by atoms with van der Waals surface area (Å²) in [5.41, 5.74) is 14.9. The quantitative estimate of drug-likeness (QED) is 0.172. The number of rotatable bonds is 5. The lowest BCUT2D eigenvalue weighted by Crippen LogP contribution is -2.11. The van der Waals surface area contributed by atoms with E-state index in [-0.39, 0.29) is 31.5 Å². The molecule has 0 radical (unpaired) electrons. The summed E-state index contributed by atoms with van der Waals surface area (Å²) < 4.78 is 35.3. The second kappa shape index (κ2) is 16.1. The van der Waals surface area contributed by atoms with Gasteiger partial charge in [0, 0.05) is 49.4 Å². The highest BCUT2D eigenvalue weighted by atomic mass is 32.2. The number of nitrogens with zero attached hydrogens (tertiary/aromatic N) is 4. The molecule has 0 N–H and O–H groups in total. The topological polar surface area (TPSA) is 72.7 Å². The Morgan fingerprint density at radius 3 is 0.931 bits per heavy atom. The zero-order valence-corrected chi connectivity index (χ0v) is 44.3. The van der Waals surface area contributed by atoms with Crippen molar-refractivity contribution in [1.82, 2.24) is 13.7 Å². The van der Waals surface area contributed by atoms with E-state index in [9.17, 15) is 13.7 Å². The molecule has 0 atom stereocenters. The number of benzene rings is 8. The Labute approximate surface area is 423 Å². The van der Waals surface area contributed by atoms with Gasteiger partial charge in [0.25, 0.3) is 0 Å². The minimum Gasteiger partial charge on any atom is -0.309 e. The van der Waals surface area contributed by atoms with E-state index in [4.69, 9.17) is 0 Å². The van der Waals surface area contributed by atoms with Crippen LogP contribution in [0.5, 0.6) is 0 Å². The molecule has 0 amide bonds. The molecule has 0 aliphatic rings. The fraction of sp³-hybridized carbons (Fsp3) is 0.246. The molecule has 0 aliphatic heterocycles. The number of hydrogen-bond donors (Lipinski definition) is 0. The summed E-state index contributed by atoms with van der Waals surface area (Å²) in [6, 6.07) is 56.9. The van der Waals surface area contributed by atoms with Gasteiger partial charge in [-0.05, 0) is 165 Å². The highest BCUT2D eigenvalue weighted by Gasteiger charge is 2.26. The van der Waals surface area contributed by atoms with Crippen LogP contribution in [0.2, 0.25) is 0 Å². The molecule has 7 heteroatoms. The molecule has 3 aromatic heterocycles. The van der Waals surface area contributed by atoms with Crippen molar-refractivity contribution in [3.8, 4) is 23.1 Å². The Morgan fingerprint density at radius 1 is 0.333 bits per heavy atom. The summed E-state index contributed by atoms with van der Waals surface area (Å²) >= 11 is 0. The summed E-state index contributed by atoms with van der Waals surface area (Å²) in [6.07, 6.45) is 0. The number of nitriles is 1. The predicted octanol–water partition coefficient (Wildman–Crippen LogP) is 16.9. The Balaban J connectivity index is 1.26. The molecule has 11 rings (SSSR count). The minimum absolute atomic E-state index is 0.00549. The van der Waals surface area contributed by atoms with Gasteiger partial charge in [0.05, 0.1) is 54.5 Å². The zero-order chi connectivity index (χ0) is 51.0. The first-order valence-corrected chi connectivity index (χ1v) is 26.5. The van der Waals surface area contributed by atoms with E-state index in [1.807, 2.05) is 12.1 Å². The maximum Gasteiger partial charge on any atom is 0.206 e. The highest BCUT2D eigenvalue weighted by Crippen LogP contribution is 2.45. The third-order valence-corrected chi connectivity index (χ3v) is 16.7. The number of aromatic nitrogens is 3. The molecule has 0 saturated carbocycles. The first kappa shape index (κ1) is 47.0. The Bertz CT molecular complexity index is 3940. The summed E-state index contributed by atoms with van der Waals surface area (Å²) in [7, 11) is -3.87. The van der Waals surface area contributed by atoms with Crippen LogP contribution in [0.15, 0.2) is 168 Å². The van der Waals surface area contributed by atoms with E-state index in [0.717, 1.165) is 60.9 Å². The van der Waals surface area contributed by atoms with Crippen LogP contribution < -0.4 is 0 Å². The van der Waals surface area contributed by atoms with Gasteiger partial charge >= 0.3 is 0 Å². The monoisotopic (exact) mass is 962 g/mol. The lowest BCUT2D eigenvalue weighted by atomic mass is 9.86. The fourth-order valence-corrected chi connectivity index (χ4v) is 11.9. The lowest BCUT2D eigenvalue weighted by molar-refractivity contribution is 0.590. The van der Waals surface area contributed by atoms with Gasteiger partial charge in [0.15, 0.2) is 0 Å². The summed E-state index contributed by atoms with van der Waals surface area (Å²) in [6.45, 7) is 27.2. The van der Waals surface area contributed by atoms with Crippen molar-refractivity contribution in [3.05, 3.63) is 186 Å². The predicted molar refractivity (Wildman–Crippen MR) is 301 cm³/mol. The highest BCUT2D eigenvalue weighted by molar-refractivity contribution is 7.91. The Hall–Kier alpha value is -7.40. The van der Waals surface area contributed by atoms with Crippen molar-refractivity contribution < 1.29 is 8.42 Å². The van der Waals surface area contributed by atoms with E-state index in [0.29, 0.717) is 5.56 Å². The van der Waals surface area contributed by atoms with Crippen LogP contribution in [0.3, 0.4) is 0 Å². The molecule has 3 heterocycles. The SMILES string of the molecule is CC(C)(C)c1ccc(-n2c3ccc(C(C)(C)C)cc3c3cc4c5cc6c7cc(C(C)(C)C)ccc7n(-c7ccc(C(C)(C)C)cc7)c6cc5n(-c5ccc(S(=O)(=O)c6ccc(C#N)cc6)cc5)c4cc32)cc1. The van der Waals surface area contributed by atoms with Crippen LogP contribution in [-0.4, -0.2) is 22.1 Å². The molecule has 360 valence electrons. The van der Waals surface area contributed by atoms with Gasteiger partial charge in [0.2, 0.25) is 9.84 Å². The zero-order valence-electron chi connectivity index (χ0n) is 43.5. The molecule has 0 aliphatic carbocycles. The molecule has 0 fully saturated rings. The van der Waals surface area contributed by atoms with Gasteiger partial charge in [-0.3, -0.25) is 0 Å². The molecule has 11 aromatic rings. The molecule has 0 saturated heterocycles. The van der Waals surface area contributed by atoms with Crippen LogP contribution in [0.25, 0.3) is 82.5 Å². The van der Waals surface area contributed by atoms with Crippen molar-refractivity contribution in [1.29, 1.82) is 5.26 Å². The second-order valence-electron chi connectivity index (χ2n) is 24.0. The number of sulfone groups is 1. The molecule has 72 heavy (non-hydrogen) atoms. The molecule has 0 unspecified atom stereocenters. The summed E-state index contributed by atoms with van der Waals surface area (Å²) in [5.74, 6) is 0. The van der Waals surface area contributed by atoms with Gasteiger partial charge < -0.3 is 13.7 Å². The molecule has 8 aromatic carbocycles. The van der Waals surface area contributed by atoms with E-state index in [1.54, 1.807) is 24.3 Å². The van der Waals surface area contributed by atoms with Gasteiger partial charge in [-0.1, -0.05) is 119 Å². The van der Waals surface area contributed by atoms with E-state index in [1.165, 1.54) is 55.9 Å². The van der Waals surface area contributed by atoms with Crippen LogP contribution in [0.4, 0.5) is 0 Å². The summed E-state index contributed by atoms with van der Waals surface area (Å²) in [5, 5.41) is 16.4. The van der Waals surface area contributed by atoms with Crippen LogP contribution in [0.1, 0.15) is 111 Å². The van der Waals surface area contributed by atoms with Crippen molar-refractivity contribution in [2.45, 2.75) is 115 Å². The standard InChI is InChI=1S/C65H62N4O2S/c1-62(2,3)41-15-21-45(22-16-41)67-56-31-19-43(64(7,8)9)33-50(56)52-35-54-55-36-53-51-34-44(65(10,11)12)20-32-57(51)68(46-23-17-42(18-24-46)63(4,5)6)59(53)38-61(55)69(60(54)37-58(52)67)47-25-29-49(30-26-47)72(70,71)48-27-13-40(39-66)14-28-48/h13-38H,1-12H3. The molecular weight excluding hydrogens is 901 g/mol. The number of hydrogen-bond acceptors (Lipinski definition) is 3. The molecule has 0 spiro atoms. The Kier molecular flexibility index (Phi) is 10.5. The smallest absolute Gasteiger partial charge is 0.206 e.